The molecule has 10 heteroatoms. The second-order valence-corrected chi connectivity index (χ2v) is 10.5. The van der Waals surface area contributed by atoms with Gasteiger partial charge in [0.15, 0.2) is 11.0 Å². The lowest BCUT2D eigenvalue weighted by Gasteiger charge is -2.22. The Bertz CT molecular complexity index is 1210. The van der Waals surface area contributed by atoms with Crippen molar-refractivity contribution in [2.45, 2.75) is 38.9 Å². The second-order valence-electron chi connectivity index (χ2n) is 8.33. The Hall–Kier alpha value is -2.36. The molecule has 3 rings (SSSR count). The molecular weight excluding hydrogens is 538 g/mol. The Balaban J connectivity index is 1.69. The van der Waals surface area contributed by atoms with Crippen LogP contribution < -0.4 is 10.6 Å². The molecule has 2 amide bonds. The highest BCUT2D eigenvalue weighted by Gasteiger charge is 2.26. The topological polar surface area (TPSA) is 88.9 Å². The van der Waals surface area contributed by atoms with Crippen LogP contribution in [-0.2, 0) is 11.8 Å². The predicted molar refractivity (Wildman–Crippen MR) is 140 cm³/mol. The molecule has 1 aromatic heterocycles. The van der Waals surface area contributed by atoms with E-state index in [0.29, 0.717) is 21.6 Å². The average molecular weight is 565 g/mol. The summed E-state index contributed by atoms with van der Waals surface area (Å²) >= 11 is 11.0. The summed E-state index contributed by atoms with van der Waals surface area (Å²) in [5.41, 5.74) is 3.38. The number of aryl methyl sites for hydroxylation is 2. The third-order valence-corrected chi connectivity index (χ3v) is 7.41. The minimum absolute atomic E-state index is 0.0533. The number of benzene rings is 2. The van der Waals surface area contributed by atoms with Crippen LogP contribution in [0.25, 0.3) is 0 Å². The number of nitrogens with one attached hydrogen (secondary N) is 2. The number of halogens is 2. The minimum atomic E-state index is -0.379. The smallest absolute Gasteiger partial charge is 0.253 e. The molecule has 0 saturated carbocycles. The van der Waals surface area contributed by atoms with Crippen LogP contribution in [-0.4, -0.2) is 32.3 Å². The van der Waals surface area contributed by atoms with E-state index in [1.165, 1.54) is 11.8 Å². The fourth-order valence-corrected chi connectivity index (χ4v) is 4.81. The lowest BCUT2D eigenvalue weighted by atomic mass is 10.0. The van der Waals surface area contributed by atoms with Crippen molar-refractivity contribution in [2.24, 2.45) is 13.0 Å². The van der Waals surface area contributed by atoms with Crippen molar-refractivity contribution in [3.63, 3.8) is 0 Å². The van der Waals surface area contributed by atoms with Gasteiger partial charge in [0.1, 0.15) is 0 Å². The van der Waals surface area contributed by atoms with Gasteiger partial charge in [0.05, 0.1) is 28.1 Å². The number of hydrogen-bond acceptors (Lipinski definition) is 5. The van der Waals surface area contributed by atoms with Gasteiger partial charge in [-0.3, -0.25) is 9.59 Å². The summed E-state index contributed by atoms with van der Waals surface area (Å²) in [6, 6.07) is 10.5. The molecule has 3 aromatic rings. The van der Waals surface area contributed by atoms with Gasteiger partial charge in [0, 0.05) is 11.5 Å². The molecule has 0 saturated heterocycles. The quantitative estimate of drug-likeness (QED) is 0.342. The molecule has 0 aliphatic heterocycles. The van der Waals surface area contributed by atoms with Gasteiger partial charge in [-0.25, -0.2) is 0 Å². The molecule has 0 aliphatic carbocycles. The van der Waals surface area contributed by atoms with E-state index in [4.69, 9.17) is 11.6 Å². The summed E-state index contributed by atoms with van der Waals surface area (Å²) in [4.78, 5) is 25.4. The first-order chi connectivity index (χ1) is 16.1. The normalized spacial score (nSPS) is 12.0. The maximum absolute atomic E-state index is 12.8. The molecule has 0 radical (unpaired) electrons. The van der Waals surface area contributed by atoms with E-state index in [0.717, 1.165) is 21.3 Å². The summed E-state index contributed by atoms with van der Waals surface area (Å²) in [7, 11) is 1.83. The van der Waals surface area contributed by atoms with Crippen LogP contribution in [0.5, 0.6) is 0 Å². The fraction of sp³-hybridized carbons (Fsp3) is 0.333. The zero-order chi connectivity index (χ0) is 25.0. The van der Waals surface area contributed by atoms with E-state index >= 15 is 0 Å². The Morgan fingerprint density at radius 1 is 1.15 bits per heavy atom. The molecule has 1 heterocycles. The van der Waals surface area contributed by atoms with Crippen molar-refractivity contribution in [2.75, 3.05) is 11.1 Å². The number of aromatic nitrogens is 3. The number of hydrogen-bond donors (Lipinski definition) is 2. The van der Waals surface area contributed by atoms with Gasteiger partial charge in [0.2, 0.25) is 5.91 Å². The van der Waals surface area contributed by atoms with Crippen LogP contribution in [0, 0.1) is 19.8 Å². The zero-order valence-corrected chi connectivity index (χ0v) is 22.8. The van der Waals surface area contributed by atoms with Gasteiger partial charge in [-0.05, 0) is 71.1 Å². The van der Waals surface area contributed by atoms with Gasteiger partial charge < -0.3 is 15.2 Å². The van der Waals surface area contributed by atoms with E-state index in [1.807, 2.05) is 46.9 Å². The van der Waals surface area contributed by atoms with E-state index < -0.39 is 0 Å². The summed E-state index contributed by atoms with van der Waals surface area (Å²) in [5.74, 6) is 0.405. The zero-order valence-electron chi connectivity index (χ0n) is 19.6. The highest BCUT2D eigenvalue weighted by atomic mass is 79.9. The number of carbonyl (C=O) groups excluding carboxylic acids is 2. The van der Waals surface area contributed by atoms with Gasteiger partial charge >= 0.3 is 0 Å². The third-order valence-electron chi connectivity index (χ3n) is 5.41. The molecule has 0 aliphatic rings. The standard InChI is InChI=1S/C24H27BrClN5O2S/c1-13(2)21(28-23(33)16-8-6-7-9-18(16)26)22-29-30-24(31(22)5)34-12-20(32)27-19-11-15(4)14(3)10-17(19)25/h6-11,13,21H,12H2,1-5H3,(H,27,32)(H,28,33)/t21-/m0/s1. The van der Waals surface area contributed by atoms with Gasteiger partial charge in [-0.15, -0.1) is 10.2 Å². The maximum atomic E-state index is 12.8. The summed E-state index contributed by atoms with van der Waals surface area (Å²) < 4.78 is 2.64. The Kier molecular flexibility index (Phi) is 8.78. The molecule has 7 nitrogen and oxygen atoms in total. The van der Waals surface area contributed by atoms with Crippen molar-refractivity contribution >= 4 is 56.8 Å². The highest BCUT2D eigenvalue weighted by molar-refractivity contribution is 9.10. The number of carbonyl (C=O) groups is 2. The van der Waals surface area contributed by atoms with Crippen LogP contribution in [0.1, 0.15) is 47.2 Å². The van der Waals surface area contributed by atoms with Crippen LogP contribution >= 0.6 is 39.3 Å². The van der Waals surface area contributed by atoms with Crippen LogP contribution in [0.3, 0.4) is 0 Å². The van der Waals surface area contributed by atoms with E-state index in [9.17, 15) is 9.59 Å². The second kappa shape index (κ2) is 11.4. The molecule has 2 aromatic carbocycles. The minimum Gasteiger partial charge on any atom is -0.342 e. The maximum Gasteiger partial charge on any atom is 0.253 e. The molecule has 0 fully saturated rings. The van der Waals surface area contributed by atoms with Gasteiger partial charge in [-0.2, -0.15) is 0 Å². The molecule has 0 bridgehead atoms. The third kappa shape index (κ3) is 6.20. The molecule has 34 heavy (non-hydrogen) atoms. The Morgan fingerprint density at radius 3 is 2.50 bits per heavy atom. The summed E-state index contributed by atoms with van der Waals surface area (Å²) in [6.07, 6.45) is 0. The summed E-state index contributed by atoms with van der Waals surface area (Å²) in [5, 5.41) is 15.5. The van der Waals surface area contributed by atoms with Crippen LogP contribution in [0.15, 0.2) is 46.0 Å². The number of anilines is 1. The van der Waals surface area contributed by atoms with Crippen molar-refractivity contribution in [1.82, 2.24) is 20.1 Å². The number of amides is 2. The molecule has 180 valence electrons. The SMILES string of the molecule is Cc1cc(Br)c(NC(=O)CSc2nnc([C@@H](NC(=O)c3ccccc3Cl)C(C)C)n2C)cc1C. The van der Waals surface area contributed by atoms with Crippen LogP contribution in [0.2, 0.25) is 5.02 Å². The average Bonchev–Trinajstić information content (AvgIpc) is 3.14. The first-order valence-corrected chi connectivity index (χ1v) is 12.9. The van der Waals surface area contributed by atoms with E-state index in [-0.39, 0.29) is 29.5 Å². The molecule has 2 N–H and O–H groups in total. The van der Waals surface area contributed by atoms with E-state index in [2.05, 4.69) is 36.8 Å². The van der Waals surface area contributed by atoms with E-state index in [1.54, 1.807) is 28.8 Å². The van der Waals surface area contributed by atoms with Gasteiger partial charge in [-0.1, -0.05) is 49.3 Å². The number of thioether (sulfide) groups is 1. The van der Waals surface area contributed by atoms with Gasteiger partial charge in [0.25, 0.3) is 5.91 Å². The lowest BCUT2D eigenvalue weighted by Crippen LogP contribution is -2.33. The number of rotatable bonds is 8. The first-order valence-electron chi connectivity index (χ1n) is 10.7. The number of nitrogens with zero attached hydrogens (tertiary/aromatic N) is 3. The monoisotopic (exact) mass is 563 g/mol. The van der Waals surface area contributed by atoms with Crippen molar-refractivity contribution in [3.05, 3.63) is 68.4 Å². The van der Waals surface area contributed by atoms with Crippen molar-refractivity contribution in [3.8, 4) is 0 Å². The Labute approximate surface area is 217 Å². The molecular formula is C24H27BrClN5O2S. The van der Waals surface area contributed by atoms with Crippen molar-refractivity contribution < 1.29 is 9.59 Å². The fourth-order valence-electron chi connectivity index (χ4n) is 3.31. The Morgan fingerprint density at radius 2 is 1.82 bits per heavy atom. The summed E-state index contributed by atoms with van der Waals surface area (Å²) in [6.45, 7) is 8.01. The molecule has 0 unspecified atom stereocenters. The largest absolute Gasteiger partial charge is 0.342 e. The predicted octanol–water partition coefficient (Wildman–Crippen LogP) is 5.71. The van der Waals surface area contributed by atoms with Crippen molar-refractivity contribution in [1.29, 1.82) is 0 Å². The highest BCUT2D eigenvalue weighted by Crippen LogP contribution is 2.28. The molecule has 1 atom stereocenters. The van der Waals surface area contributed by atoms with Crippen LogP contribution in [0.4, 0.5) is 5.69 Å². The first kappa shape index (κ1) is 26.2. The molecule has 0 spiro atoms. The lowest BCUT2D eigenvalue weighted by molar-refractivity contribution is -0.113.